The average Bonchev–Trinajstić information content (AvgIpc) is 2.69. The fourth-order valence-corrected chi connectivity index (χ4v) is 4.28. The molecule has 2 aromatic rings. The Morgan fingerprint density at radius 2 is 1.81 bits per heavy atom. The Morgan fingerprint density at radius 3 is 2.42 bits per heavy atom. The van der Waals surface area contributed by atoms with Crippen molar-refractivity contribution >= 4 is 35.7 Å². The Hall–Kier alpha value is -2.16. The number of ether oxygens (including phenoxy) is 1. The van der Waals surface area contributed by atoms with Gasteiger partial charge in [0.25, 0.3) is 0 Å². The Labute approximate surface area is 189 Å². The normalized spacial score (nSPS) is 19.8. The largest absolute Gasteiger partial charge is 0.485 e. The van der Waals surface area contributed by atoms with Gasteiger partial charge in [-0.3, -0.25) is 0 Å². The number of amides is 2. The lowest BCUT2D eigenvalue weighted by molar-refractivity contribution is -0.137. The summed E-state index contributed by atoms with van der Waals surface area (Å²) in [5, 5.41) is 3.17. The molecule has 3 N–H and O–H groups in total. The molecule has 0 radical (unpaired) electrons. The summed E-state index contributed by atoms with van der Waals surface area (Å²) in [6.45, 7) is 0.887. The first-order valence-corrected chi connectivity index (χ1v) is 10.0. The van der Waals surface area contributed by atoms with Crippen LogP contribution in [-0.4, -0.2) is 29.6 Å². The van der Waals surface area contributed by atoms with Gasteiger partial charge in [-0.25, -0.2) is 4.79 Å². The van der Waals surface area contributed by atoms with Crippen LogP contribution < -0.4 is 15.8 Å². The second-order valence-corrected chi connectivity index (χ2v) is 8.15. The summed E-state index contributed by atoms with van der Waals surface area (Å²) in [6.07, 6.45) is -2.60. The van der Waals surface area contributed by atoms with Gasteiger partial charge >= 0.3 is 12.2 Å². The first-order valence-electron chi connectivity index (χ1n) is 9.63. The molecule has 10 heteroatoms. The van der Waals surface area contributed by atoms with Gasteiger partial charge in [0.2, 0.25) is 0 Å². The van der Waals surface area contributed by atoms with E-state index >= 15 is 0 Å². The number of likely N-dealkylation sites (tertiary alicyclic amines) is 1. The number of nitrogens with two attached hydrogens (primary N) is 1. The molecule has 168 valence electrons. The molecule has 2 heterocycles. The van der Waals surface area contributed by atoms with Gasteiger partial charge in [-0.15, -0.1) is 12.4 Å². The third-order valence-corrected chi connectivity index (χ3v) is 6.03. The number of para-hydroxylation sites is 1. The molecule has 2 aliphatic rings. The Kier molecular flexibility index (Phi) is 6.64. The molecule has 0 aromatic heterocycles. The van der Waals surface area contributed by atoms with Crippen molar-refractivity contribution in [2.45, 2.75) is 37.1 Å². The third kappa shape index (κ3) is 4.86. The van der Waals surface area contributed by atoms with E-state index in [4.69, 9.17) is 22.1 Å². The molecule has 0 bridgehead atoms. The number of hydrogen-bond donors (Lipinski definition) is 2. The maximum absolute atomic E-state index is 12.7. The van der Waals surface area contributed by atoms with Crippen LogP contribution in [0.15, 0.2) is 42.5 Å². The first kappa shape index (κ1) is 23.5. The van der Waals surface area contributed by atoms with Crippen LogP contribution in [0.4, 0.5) is 23.7 Å². The van der Waals surface area contributed by atoms with Gasteiger partial charge in [0, 0.05) is 49.6 Å². The molecular weight excluding hydrogens is 454 g/mol. The van der Waals surface area contributed by atoms with E-state index in [0.717, 1.165) is 17.7 Å². The van der Waals surface area contributed by atoms with E-state index in [1.807, 2.05) is 12.1 Å². The van der Waals surface area contributed by atoms with E-state index < -0.39 is 17.3 Å². The molecule has 5 nitrogen and oxygen atoms in total. The quantitative estimate of drug-likeness (QED) is 0.561. The van der Waals surface area contributed by atoms with Crippen LogP contribution >= 0.6 is 24.0 Å². The molecule has 31 heavy (non-hydrogen) atoms. The topological polar surface area (TPSA) is 67.6 Å². The van der Waals surface area contributed by atoms with Crippen LogP contribution in [0.2, 0.25) is 5.02 Å². The molecule has 2 amide bonds. The van der Waals surface area contributed by atoms with E-state index in [1.165, 1.54) is 12.1 Å². The monoisotopic (exact) mass is 475 g/mol. The smallest absolute Gasteiger partial charge is 0.416 e. The SMILES string of the molecule is Cl.NC1CC2(CCN(C(=O)Nc3ccc(C(F)(F)F)cc3)CC2)Oc2c(Cl)cccc21. The van der Waals surface area contributed by atoms with Crippen LogP contribution in [0.3, 0.4) is 0 Å². The molecule has 1 saturated heterocycles. The number of rotatable bonds is 1. The molecule has 4 rings (SSSR count). The van der Waals surface area contributed by atoms with Crippen molar-refractivity contribution in [2.24, 2.45) is 5.73 Å². The summed E-state index contributed by atoms with van der Waals surface area (Å²) in [5.41, 5.74) is 6.30. The minimum absolute atomic E-state index is 0. The van der Waals surface area contributed by atoms with E-state index in [2.05, 4.69) is 5.32 Å². The molecule has 2 aliphatic heterocycles. The Morgan fingerprint density at radius 1 is 1.16 bits per heavy atom. The number of halogens is 5. The molecule has 0 aliphatic carbocycles. The van der Waals surface area contributed by atoms with Crippen LogP contribution in [0.5, 0.6) is 5.75 Å². The van der Waals surface area contributed by atoms with Crippen LogP contribution in [0.1, 0.15) is 36.4 Å². The summed E-state index contributed by atoms with van der Waals surface area (Å²) >= 11 is 6.29. The summed E-state index contributed by atoms with van der Waals surface area (Å²) in [5.74, 6) is 0.612. The minimum Gasteiger partial charge on any atom is -0.485 e. The fourth-order valence-electron chi connectivity index (χ4n) is 4.06. The van der Waals surface area contributed by atoms with Gasteiger partial charge in [0.1, 0.15) is 11.4 Å². The molecule has 2 aromatic carbocycles. The van der Waals surface area contributed by atoms with Crippen molar-refractivity contribution in [3.05, 3.63) is 58.6 Å². The predicted molar refractivity (Wildman–Crippen MR) is 115 cm³/mol. The lowest BCUT2D eigenvalue weighted by Crippen LogP contribution is -2.53. The fraction of sp³-hybridized carbons (Fsp3) is 0.381. The predicted octanol–water partition coefficient (Wildman–Crippen LogP) is 5.63. The Balaban J connectivity index is 0.00000272. The number of hydrogen-bond acceptors (Lipinski definition) is 3. The standard InChI is InChI=1S/C21H21ClF3N3O2.ClH/c22-16-3-1-2-15-17(26)12-20(30-18(15)16)8-10-28(11-9-20)19(29)27-14-6-4-13(5-7-14)21(23,24)25;/h1-7,17H,8-12,26H2,(H,27,29);1H. The number of fused-ring (bicyclic) bond motifs is 1. The van der Waals surface area contributed by atoms with Gasteiger partial charge in [-0.05, 0) is 30.3 Å². The van der Waals surface area contributed by atoms with Crippen molar-refractivity contribution in [3.8, 4) is 5.75 Å². The number of benzene rings is 2. The van der Waals surface area contributed by atoms with E-state index in [9.17, 15) is 18.0 Å². The van der Waals surface area contributed by atoms with Crippen molar-refractivity contribution in [1.82, 2.24) is 4.90 Å². The zero-order chi connectivity index (χ0) is 21.5. The highest BCUT2D eigenvalue weighted by Crippen LogP contribution is 2.46. The van der Waals surface area contributed by atoms with Crippen LogP contribution in [0, 0.1) is 0 Å². The third-order valence-electron chi connectivity index (χ3n) is 5.73. The number of alkyl halides is 3. The van der Waals surface area contributed by atoms with Crippen molar-refractivity contribution in [1.29, 1.82) is 0 Å². The zero-order valence-corrected chi connectivity index (χ0v) is 18.0. The number of nitrogens with zero attached hydrogens (tertiary/aromatic N) is 1. The summed E-state index contributed by atoms with van der Waals surface area (Å²) < 4.78 is 44.3. The number of urea groups is 1. The van der Waals surface area contributed by atoms with Crippen LogP contribution in [0.25, 0.3) is 0 Å². The first-order chi connectivity index (χ1) is 14.2. The molecule has 1 unspecified atom stereocenters. The highest BCUT2D eigenvalue weighted by molar-refractivity contribution is 6.32. The van der Waals surface area contributed by atoms with Crippen molar-refractivity contribution in [3.63, 3.8) is 0 Å². The van der Waals surface area contributed by atoms with Crippen LogP contribution in [-0.2, 0) is 6.18 Å². The van der Waals surface area contributed by atoms with Crippen molar-refractivity contribution < 1.29 is 22.7 Å². The number of carbonyl (C=O) groups is 1. The number of piperidine rings is 1. The lowest BCUT2D eigenvalue weighted by Gasteiger charge is -2.46. The van der Waals surface area contributed by atoms with Crippen molar-refractivity contribution in [2.75, 3.05) is 18.4 Å². The molecule has 1 atom stereocenters. The number of anilines is 1. The van der Waals surface area contributed by atoms with E-state index in [0.29, 0.717) is 48.8 Å². The van der Waals surface area contributed by atoms with Gasteiger partial charge in [0.05, 0.1) is 10.6 Å². The number of carbonyl (C=O) groups excluding carboxylic acids is 1. The summed E-state index contributed by atoms with van der Waals surface area (Å²) in [7, 11) is 0. The maximum Gasteiger partial charge on any atom is 0.416 e. The summed E-state index contributed by atoms with van der Waals surface area (Å²) in [4.78, 5) is 14.2. The molecule has 1 fully saturated rings. The average molecular weight is 476 g/mol. The second kappa shape index (κ2) is 8.76. The molecule has 1 spiro atoms. The highest BCUT2D eigenvalue weighted by atomic mass is 35.5. The van der Waals surface area contributed by atoms with E-state index in [-0.39, 0.29) is 24.5 Å². The highest BCUT2D eigenvalue weighted by Gasteiger charge is 2.43. The Bertz CT molecular complexity index is 946. The van der Waals surface area contributed by atoms with Gasteiger partial charge in [-0.1, -0.05) is 23.7 Å². The summed E-state index contributed by atoms with van der Waals surface area (Å²) in [6, 6.07) is 9.34. The lowest BCUT2D eigenvalue weighted by atomic mass is 9.81. The number of nitrogens with one attached hydrogen (secondary N) is 1. The zero-order valence-electron chi connectivity index (χ0n) is 16.4. The molecule has 0 saturated carbocycles. The maximum atomic E-state index is 12.7. The minimum atomic E-state index is -4.41. The van der Waals surface area contributed by atoms with Gasteiger partial charge in [-0.2, -0.15) is 13.2 Å². The van der Waals surface area contributed by atoms with Gasteiger partial charge in [0.15, 0.2) is 0 Å². The second-order valence-electron chi connectivity index (χ2n) is 7.75. The van der Waals surface area contributed by atoms with E-state index in [1.54, 1.807) is 11.0 Å². The van der Waals surface area contributed by atoms with Gasteiger partial charge < -0.3 is 20.7 Å². The molecular formula is C21H22Cl2F3N3O2.